The van der Waals surface area contributed by atoms with Crippen molar-refractivity contribution in [3.8, 4) is 11.5 Å². The van der Waals surface area contributed by atoms with E-state index in [1.165, 1.54) is 6.07 Å². The number of carbonyl (C=O) groups is 1. The summed E-state index contributed by atoms with van der Waals surface area (Å²) < 4.78 is 25.4. The van der Waals surface area contributed by atoms with Crippen LogP contribution >= 0.6 is 0 Å². The van der Waals surface area contributed by atoms with Crippen LogP contribution in [0.15, 0.2) is 36.4 Å². The summed E-state index contributed by atoms with van der Waals surface area (Å²) in [5.41, 5.74) is 2.90. The number of ether oxygens (including phenoxy) is 2. The lowest BCUT2D eigenvalue weighted by Gasteiger charge is -2.41. The van der Waals surface area contributed by atoms with Gasteiger partial charge in [0.15, 0.2) is 11.5 Å². The van der Waals surface area contributed by atoms with Gasteiger partial charge in [-0.1, -0.05) is 32.0 Å². The standard InChI is InChI=1S/C25H33FN2O3/c1-16(2)12-24(29)27-17(3)25-20-14-23(31-5)22(30-4)13-18(20)10-11-28(25)15-19-8-6-7-9-21(19)26/h6-9,13-14,16-17,25H,10-12,15H2,1-5H3,(H,27,29)/t17-,25-/m1/s1. The summed E-state index contributed by atoms with van der Waals surface area (Å²) in [7, 11) is 3.25. The van der Waals surface area contributed by atoms with Crippen LogP contribution in [0.5, 0.6) is 11.5 Å². The van der Waals surface area contributed by atoms with Crippen LogP contribution in [0.3, 0.4) is 0 Å². The van der Waals surface area contributed by atoms with Crippen molar-refractivity contribution in [1.29, 1.82) is 0 Å². The highest BCUT2D eigenvalue weighted by Gasteiger charge is 2.34. The largest absolute Gasteiger partial charge is 0.493 e. The maximum atomic E-state index is 14.4. The van der Waals surface area contributed by atoms with Crippen molar-refractivity contribution in [2.75, 3.05) is 20.8 Å². The van der Waals surface area contributed by atoms with Gasteiger partial charge < -0.3 is 14.8 Å². The lowest BCUT2D eigenvalue weighted by atomic mass is 9.87. The monoisotopic (exact) mass is 428 g/mol. The van der Waals surface area contributed by atoms with Crippen LogP contribution in [0.2, 0.25) is 0 Å². The van der Waals surface area contributed by atoms with Gasteiger partial charge in [-0.3, -0.25) is 9.69 Å². The number of nitrogens with zero attached hydrogens (tertiary/aromatic N) is 1. The van der Waals surface area contributed by atoms with Gasteiger partial charge in [0.05, 0.1) is 20.3 Å². The lowest BCUT2D eigenvalue weighted by molar-refractivity contribution is -0.122. The second-order valence-electron chi connectivity index (χ2n) is 8.62. The quantitative estimate of drug-likeness (QED) is 0.673. The second-order valence-corrected chi connectivity index (χ2v) is 8.62. The molecule has 1 heterocycles. The first kappa shape index (κ1) is 23.1. The van der Waals surface area contributed by atoms with E-state index in [2.05, 4.69) is 10.2 Å². The molecule has 1 aliphatic heterocycles. The Balaban J connectivity index is 1.97. The summed E-state index contributed by atoms with van der Waals surface area (Å²) in [6.07, 6.45) is 1.29. The van der Waals surface area contributed by atoms with Gasteiger partial charge in [-0.15, -0.1) is 0 Å². The highest BCUT2D eigenvalue weighted by Crippen LogP contribution is 2.40. The molecule has 0 fully saturated rings. The van der Waals surface area contributed by atoms with Gasteiger partial charge in [0.25, 0.3) is 0 Å². The van der Waals surface area contributed by atoms with Crippen LogP contribution in [-0.4, -0.2) is 37.6 Å². The predicted molar refractivity (Wildman–Crippen MR) is 120 cm³/mol. The number of benzene rings is 2. The van der Waals surface area contributed by atoms with Crippen molar-refractivity contribution in [1.82, 2.24) is 10.2 Å². The van der Waals surface area contributed by atoms with E-state index in [0.29, 0.717) is 30.0 Å². The highest BCUT2D eigenvalue weighted by atomic mass is 19.1. The van der Waals surface area contributed by atoms with Crippen molar-refractivity contribution >= 4 is 5.91 Å². The van der Waals surface area contributed by atoms with E-state index in [1.807, 2.05) is 45.0 Å². The smallest absolute Gasteiger partial charge is 0.220 e. The van der Waals surface area contributed by atoms with Gasteiger partial charge in [0.1, 0.15) is 5.82 Å². The van der Waals surface area contributed by atoms with E-state index in [0.717, 1.165) is 24.1 Å². The fourth-order valence-corrected chi connectivity index (χ4v) is 4.40. The Bertz CT molecular complexity index is 916. The maximum absolute atomic E-state index is 14.4. The van der Waals surface area contributed by atoms with Gasteiger partial charge in [-0.25, -0.2) is 4.39 Å². The molecule has 31 heavy (non-hydrogen) atoms. The Labute approximate surface area is 184 Å². The molecule has 0 bridgehead atoms. The molecule has 5 nitrogen and oxygen atoms in total. The predicted octanol–water partition coefficient (Wildman–Crippen LogP) is 4.49. The van der Waals surface area contributed by atoms with E-state index in [4.69, 9.17) is 9.47 Å². The molecular weight excluding hydrogens is 395 g/mol. The van der Waals surface area contributed by atoms with Crippen molar-refractivity contribution < 1.29 is 18.7 Å². The van der Waals surface area contributed by atoms with Crippen LogP contribution in [0.1, 0.15) is 49.9 Å². The van der Waals surface area contributed by atoms with Crippen molar-refractivity contribution in [2.24, 2.45) is 5.92 Å². The van der Waals surface area contributed by atoms with Crippen molar-refractivity contribution in [3.05, 3.63) is 58.9 Å². The molecule has 6 heteroatoms. The van der Waals surface area contributed by atoms with Crippen LogP contribution in [0.4, 0.5) is 4.39 Å². The van der Waals surface area contributed by atoms with Crippen LogP contribution in [-0.2, 0) is 17.8 Å². The number of hydrogen-bond donors (Lipinski definition) is 1. The van der Waals surface area contributed by atoms with Crippen LogP contribution in [0, 0.1) is 11.7 Å². The summed E-state index contributed by atoms with van der Waals surface area (Å²) in [5, 5.41) is 3.17. The Morgan fingerprint density at radius 3 is 2.48 bits per heavy atom. The zero-order chi connectivity index (χ0) is 22.5. The summed E-state index contributed by atoms with van der Waals surface area (Å²) in [6, 6.07) is 10.6. The number of methoxy groups -OCH3 is 2. The molecule has 2 aromatic rings. The van der Waals surface area contributed by atoms with Gasteiger partial charge >= 0.3 is 0 Å². The summed E-state index contributed by atoms with van der Waals surface area (Å²) in [5.74, 6) is 1.44. The third-order valence-corrected chi connectivity index (χ3v) is 5.81. The number of carbonyl (C=O) groups excluding carboxylic acids is 1. The highest BCUT2D eigenvalue weighted by molar-refractivity contribution is 5.76. The van der Waals surface area contributed by atoms with E-state index in [-0.39, 0.29) is 29.7 Å². The molecule has 2 atom stereocenters. The molecule has 2 aromatic carbocycles. The fourth-order valence-electron chi connectivity index (χ4n) is 4.40. The van der Waals surface area contributed by atoms with Gasteiger partial charge in [0.2, 0.25) is 5.91 Å². The number of nitrogens with one attached hydrogen (secondary N) is 1. The van der Waals surface area contributed by atoms with Crippen LogP contribution < -0.4 is 14.8 Å². The van der Waals surface area contributed by atoms with E-state index in [1.54, 1.807) is 20.3 Å². The first-order valence-corrected chi connectivity index (χ1v) is 10.9. The molecule has 3 rings (SSSR count). The Morgan fingerprint density at radius 2 is 1.84 bits per heavy atom. The molecule has 0 unspecified atom stereocenters. The molecule has 0 aliphatic carbocycles. The Kier molecular flexibility index (Phi) is 7.55. The number of rotatable bonds is 8. The molecule has 0 aromatic heterocycles. The number of hydrogen-bond acceptors (Lipinski definition) is 4. The maximum Gasteiger partial charge on any atom is 0.220 e. The van der Waals surface area contributed by atoms with Gasteiger partial charge in [-0.2, -0.15) is 0 Å². The zero-order valence-corrected chi connectivity index (χ0v) is 19.1. The summed E-state index contributed by atoms with van der Waals surface area (Å²) >= 11 is 0. The third-order valence-electron chi connectivity index (χ3n) is 5.81. The first-order valence-electron chi connectivity index (χ1n) is 10.9. The minimum atomic E-state index is -0.212. The zero-order valence-electron chi connectivity index (χ0n) is 19.1. The average molecular weight is 429 g/mol. The lowest BCUT2D eigenvalue weighted by Crippen LogP contribution is -2.47. The average Bonchev–Trinajstić information content (AvgIpc) is 2.73. The molecule has 1 aliphatic rings. The minimum absolute atomic E-state index is 0.0286. The van der Waals surface area contributed by atoms with E-state index in [9.17, 15) is 9.18 Å². The third kappa shape index (κ3) is 5.37. The summed E-state index contributed by atoms with van der Waals surface area (Å²) in [4.78, 5) is 14.8. The van der Waals surface area contributed by atoms with Gasteiger partial charge in [-0.05, 0) is 48.6 Å². The SMILES string of the molecule is COc1cc2c(cc1OC)[C@@H]([C@@H](C)NC(=O)CC(C)C)N(Cc1ccccc1F)CC2. The molecule has 168 valence electrons. The van der Waals surface area contributed by atoms with Crippen LogP contribution in [0.25, 0.3) is 0 Å². The fraction of sp³-hybridized carbons (Fsp3) is 0.480. The molecule has 0 radical (unpaired) electrons. The molecule has 0 saturated heterocycles. The number of amides is 1. The minimum Gasteiger partial charge on any atom is -0.493 e. The molecule has 0 saturated carbocycles. The van der Waals surface area contributed by atoms with Gasteiger partial charge in [0, 0.05) is 31.1 Å². The number of fused-ring (bicyclic) bond motifs is 1. The Hall–Kier alpha value is -2.60. The summed E-state index contributed by atoms with van der Waals surface area (Å²) in [6.45, 7) is 7.30. The second kappa shape index (κ2) is 10.1. The number of halogens is 1. The molecule has 1 amide bonds. The molecule has 0 spiro atoms. The van der Waals surface area contributed by atoms with E-state index >= 15 is 0 Å². The normalized spacial score (nSPS) is 17.2. The van der Waals surface area contributed by atoms with Crippen molar-refractivity contribution in [2.45, 2.75) is 52.2 Å². The first-order chi connectivity index (χ1) is 14.8. The molecular formula is C25H33FN2O3. The molecule has 1 N–H and O–H groups in total. The Morgan fingerprint density at radius 1 is 1.16 bits per heavy atom. The van der Waals surface area contributed by atoms with Crippen molar-refractivity contribution in [3.63, 3.8) is 0 Å². The topological polar surface area (TPSA) is 50.8 Å². The van der Waals surface area contributed by atoms with E-state index < -0.39 is 0 Å².